The molecule has 5 heteroatoms. The van der Waals surface area contributed by atoms with E-state index >= 15 is 0 Å². The van der Waals surface area contributed by atoms with Gasteiger partial charge in [-0.05, 0) is 58.6 Å². The number of nitrogens with zero attached hydrogens (tertiary/aromatic N) is 1. The Morgan fingerprint density at radius 3 is 2.84 bits per heavy atom. The van der Waals surface area contributed by atoms with Crippen molar-refractivity contribution < 1.29 is 9.53 Å². The Morgan fingerprint density at radius 2 is 2.21 bits per heavy atom. The van der Waals surface area contributed by atoms with Crippen molar-refractivity contribution >= 4 is 17.9 Å². The third-order valence-corrected chi connectivity index (χ3v) is 3.78. The summed E-state index contributed by atoms with van der Waals surface area (Å²) in [5.74, 6) is 1.19. The highest BCUT2D eigenvalue weighted by atomic mass is 32.2. The lowest BCUT2D eigenvalue weighted by Gasteiger charge is -2.28. The van der Waals surface area contributed by atoms with E-state index in [1.54, 1.807) is 0 Å². The van der Waals surface area contributed by atoms with Crippen LogP contribution >= 0.6 is 11.8 Å². The minimum atomic E-state index is -0.407. The Kier molecular flexibility index (Phi) is 7.00. The Hall–Kier alpha value is -0.420. The number of ether oxygens (including phenoxy) is 1. The second-order valence-corrected chi connectivity index (χ2v) is 7.01. The smallest absolute Gasteiger partial charge is 0.410 e. The summed E-state index contributed by atoms with van der Waals surface area (Å²) < 4.78 is 5.45. The Balaban J connectivity index is 2.31. The van der Waals surface area contributed by atoms with Crippen LogP contribution in [-0.2, 0) is 4.74 Å². The fraction of sp³-hybridized carbons (Fsp3) is 0.929. The predicted molar refractivity (Wildman–Crippen MR) is 81.8 cm³/mol. The highest BCUT2D eigenvalue weighted by Gasteiger charge is 2.31. The summed E-state index contributed by atoms with van der Waals surface area (Å²) in [5, 5.41) is 3.45. The first-order chi connectivity index (χ1) is 8.94. The Labute approximate surface area is 121 Å². The van der Waals surface area contributed by atoms with Crippen molar-refractivity contribution in [3.05, 3.63) is 0 Å². The van der Waals surface area contributed by atoms with Crippen molar-refractivity contribution in [3.63, 3.8) is 0 Å². The van der Waals surface area contributed by atoms with Crippen molar-refractivity contribution in [2.45, 2.75) is 51.7 Å². The first-order valence-electron chi connectivity index (χ1n) is 7.13. The zero-order valence-electron chi connectivity index (χ0n) is 12.7. The molecule has 0 aliphatic carbocycles. The maximum absolute atomic E-state index is 12.1. The SMILES string of the molecule is CSCCCNCC1CCCN1C(=O)OC(C)(C)C. The van der Waals surface area contributed by atoms with Crippen LogP contribution in [0.1, 0.15) is 40.0 Å². The molecular formula is C14H28N2O2S. The van der Waals surface area contributed by atoms with Gasteiger partial charge < -0.3 is 15.0 Å². The summed E-state index contributed by atoms with van der Waals surface area (Å²) in [6, 6.07) is 0.295. The molecule has 0 spiro atoms. The van der Waals surface area contributed by atoms with Gasteiger partial charge in [0.05, 0.1) is 0 Å². The van der Waals surface area contributed by atoms with Crippen LogP contribution in [0.3, 0.4) is 0 Å². The molecule has 19 heavy (non-hydrogen) atoms. The van der Waals surface area contributed by atoms with Gasteiger partial charge in [-0.3, -0.25) is 0 Å². The standard InChI is InChI=1S/C14H28N2O2S/c1-14(2,3)18-13(17)16-9-5-7-12(16)11-15-8-6-10-19-4/h12,15H,5-11H2,1-4H3. The molecule has 1 atom stereocenters. The molecule has 0 aromatic carbocycles. The molecule has 1 N–H and O–H groups in total. The molecule has 1 aliphatic heterocycles. The average molecular weight is 288 g/mol. The maximum atomic E-state index is 12.1. The number of carbonyl (C=O) groups is 1. The van der Waals surface area contributed by atoms with Gasteiger partial charge in [-0.25, -0.2) is 4.79 Å². The number of hydrogen-bond donors (Lipinski definition) is 1. The molecule has 0 bridgehead atoms. The van der Waals surface area contributed by atoms with E-state index in [0.717, 1.165) is 32.5 Å². The zero-order valence-corrected chi connectivity index (χ0v) is 13.5. The number of likely N-dealkylation sites (tertiary alicyclic amines) is 1. The van der Waals surface area contributed by atoms with Crippen LogP contribution in [0.25, 0.3) is 0 Å². The Morgan fingerprint density at radius 1 is 1.47 bits per heavy atom. The van der Waals surface area contributed by atoms with Gasteiger partial charge in [0.25, 0.3) is 0 Å². The first kappa shape index (κ1) is 16.6. The molecule has 4 nitrogen and oxygen atoms in total. The van der Waals surface area contributed by atoms with Gasteiger partial charge in [0.1, 0.15) is 5.60 Å². The third kappa shape index (κ3) is 6.52. The number of thioether (sulfide) groups is 1. The minimum absolute atomic E-state index is 0.166. The van der Waals surface area contributed by atoms with Crippen molar-refractivity contribution in [1.29, 1.82) is 0 Å². The molecule has 112 valence electrons. The van der Waals surface area contributed by atoms with Crippen LogP contribution in [0.5, 0.6) is 0 Å². The van der Waals surface area contributed by atoms with Gasteiger partial charge in [0.2, 0.25) is 0 Å². The number of hydrogen-bond acceptors (Lipinski definition) is 4. The first-order valence-corrected chi connectivity index (χ1v) is 8.52. The number of rotatable bonds is 6. The molecule has 0 aromatic heterocycles. The molecule has 1 saturated heterocycles. The number of carbonyl (C=O) groups excluding carboxylic acids is 1. The van der Waals surface area contributed by atoms with Crippen LogP contribution in [0.2, 0.25) is 0 Å². The maximum Gasteiger partial charge on any atom is 0.410 e. The molecule has 1 unspecified atom stereocenters. The lowest BCUT2D eigenvalue weighted by Crippen LogP contribution is -2.44. The van der Waals surface area contributed by atoms with E-state index in [1.807, 2.05) is 37.4 Å². The van der Waals surface area contributed by atoms with Gasteiger partial charge in [-0.2, -0.15) is 11.8 Å². The van der Waals surface area contributed by atoms with Crippen molar-refractivity contribution in [1.82, 2.24) is 10.2 Å². The highest BCUT2D eigenvalue weighted by molar-refractivity contribution is 7.98. The van der Waals surface area contributed by atoms with E-state index in [0.29, 0.717) is 6.04 Å². The summed E-state index contributed by atoms with van der Waals surface area (Å²) in [7, 11) is 0. The van der Waals surface area contributed by atoms with Crippen LogP contribution < -0.4 is 5.32 Å². The molecule has 1 aliphatic rings. The number of amides is 1. The summed E-state index contributed by atoms with van der Waals surface area (Å²) in [4.78, 5) is 14.0. The van der Waals surface area contributed by atoms with Crippen LogP contribution in [0, 0.1) is 0 Å². The highest BCUT2D eigenvalue weighted by Crippen LogP contribution is 2.20. The fourth-order valence-corrected chi connectivity index (χ4v) is 2.65. The van der Waals surface area contributed by atoms with Crippen LogP contribution in [0.4, 0.5) is 4.79 Å². The van der Waals surface area contributed by atoms with E-state index < -0.39 is 5.60 Å². The molecule has 1 amide bonds. The molecule has 1 fully saturated rings. The van der Waals surface area contributed by atoms with Gasteiger partial charge >= 0.3 is 6.09 Å². The minimum Gasteiger partial charge on any atom is -0.444 e. The van der Waals surface area contributed by atoms with E-state index in [9.17, 15) is 4.79 Å². The number of nitrogens with one attached hydrogen (secondary N) is 1. The van der Waals surface area contributed by atoms with Crippen LogP contribution in [0.15, 0.2) is 0 Å². The van der Waals surface area contributed by atoms with Crippen molar-refractivity contribution in [3.8, 4) is 0 Å². The third-order valence-electron chi connectivity index (χ3n) is 3.09. The van der Waals surface area contributed by atoms with Crippen molar-refractivity contribution in [2.75, 3.05) is 31.6 Å². The summed E-state index contributed by atoms with van der Waals surface area (Å²) in [6.07, 6.45) is 5.30. The topological polar surface area (TPSA) is 41.6 Å². The monoisotopic (exact) mass is 288 g/mol. The molecule has 1 heterocycles. The summed E-state index contributed by atoms with van der Waals surface area (Å²) >= 11 is 1.87. The normalized spacial score (nSPS) is 19.8. The van der Waals surface area contributed by atoms with E-state index in [2.05, 4.69) is 11.6 Å². The van der Waals surface area contributed by atoms with Gasteiger partial charge in [-0.15, -0.1) is 0 Å². The largest absolute Gasteiger partial charge is 0.444 e. The van der Waals surface area contributed by atoms with Crippen LogP contribution in [-0.4, -0.2) is 54.3 Å². The summed E-state index contributed by atoms with van der Waals surface area (Å²) in [6.45, 7) is 8.48. The van der Waals surface area contributed by atoms with E-state index in [4.69, 9.17) is 4.74 Å². The lowest BCUT2D eigenvalue weighted by molar-refractivity contribution is 0.0227. The lowest BCUT2D eigenvalue weighted by atomic mass is 10.2. The quantitative estimate of drug-likeness (QED) is 0.763. The fourth-order valence-electron chi connectivity index (χ4n) is 2.22. The molecule has 1 rings (SSSR count). The summed E-state index contributed by atoms with van der Waals surface area (Å²) in [5.41, 5.74) is -0.407. The Bertz CT molecular complexity index is 279. The molecule has 0 aromatic rings. The average Bonchev–Trinajstić information content (AvgIpc) is 2.75. The van der Waals surface area contributed by atoms with Crippen molar-refractivity contribution in [2.24, 2.45) is 0 Å². The molecule has 0 radical (unpaired) electrons. The van der Waals surface area contributed by atoms with E-state index in [-0.39, 0.29) is 6.09 Å². The molecular weight excluding hydrogens is 260 g/mol. The second-order valence-electron chi connectivity index (χ2n) is 6.02. The van der Waals surface area contributed by atoms with Gasteiger partial charge in [0, 0.05) is 19.1 Å². The van der Waals surface area contributed by atoms with Gasteiger partial charge in [0.15, 0.2) is 0 Å². The van der Waals surface area contributed by atoms with E-state index in [1.165, 1.54) is 12.2 Å². The van der Waals surface area contributed by atoms with Gasteiger partial charge in [-0.1, -0.05) is 0 Å². The predicted octanol–water partition coefficient (Wildman–Crippen LogP) is 2.73. The molecule has 0 saturated carbocycles. The second kappa shape index (κ2) is 8.00. The zero-order chi connectivity index (χ0) is 14.3.